The third-order valence-electron chi connectivity index (χ3n) is 5.98. The molecule has 0 radical (unpaired) electrons. The molecule has 0 N–H and O–H groups in total. The number of fused-ring (bicyclic) bond motifs is 1. The van der Waals surface area contributed by atoms with Crippen molar-refractivity contribution in [1.82, 2.24) is 14.9 Å². The van der Waals surface area contributed by atoms with Crippen molar-refractivity contribution in [1.29, 1.82) is 0 Å². The van der Waals surface area contributed by atoms with Crippen LogP contribution >= 0.6 is 0 Å². The minimum absolute atomic E-state index is 0.0367. The molecule has 130 valence electrons. The molecule has 0 unspecified atom stereocenters. The molecule has 1 fully saturated rings. The molecule has 1 amide bonds. The molecule has 2 aliphatic rings. The summed E-state index contributed by atoms with van der Waals surface area (Å²) in [5.41, 5.74) is 6.25. The number of hydrogen-bond donors (Lipinski definition) is 0. The lowest BCUT2D eigenvalue weighted by Gasteiger charge is -2.34. The maximum Gasteiger partial charge on any atom is 0.226 e. The molecule has 4 nitrogen and oxygen atoms in total. The first-order valence-electron chi connectivity index (χ1n) is 9.27. The SMILES string of the molecule is Cc1cccc(C2CCN(C(=O)C3Cc4nccnc4C3)CC2)c1C. The van der Waals surface area contributed by atoms with Gasteiger partial charge in [0.05, 0.1) is 11.4 Å². The van der Waals surface area contributed by atoms with Gasteiger partial charge in [-0.1, -0.05) is 18.2 Å². The minimum atomic E-state index is 0.0367. The summed E-state index contributed by atoms with van der Waals surface area (Å²) in [6.45, 7) is 6.13. The van der Waals surface area contributed by atoms with Crippen LogP contribution in [0.2, 0.25) is 0 Å². The Morgan fingerprint density at radius 1 is 1.04 bits per heavy atom. The summed E-state index contributed by atoms with van der Waals surface area (Å²) < 4.78 is 0. The number of aromatic nitrogens is 2. The molecule has 0 spiro atoms. The average Bonchev–Trinajstić information content (AvgIpc) is 3.08. The molecule has 0 bridgehead atoms. The van der Waals surface area contributed by atoms with E-state index in [1.54, 1.807) is 12.4 Å². The Morgan fingerprint density at radius 3 is 2.32 bits per heavy atom. The molecule has 1 aliphatic carbocycles. The van der Waals surface area contributed by atoms with Gasteiger partial charge in [0.2, 0.25) is 5.91 Å². The van der Waals surface area contributed by atoms with E-state index in [9.17, 15) is 4.79 Å². The highest BCUT2D eigenvalue weighted by atomic mass is 16.2. The van der Waals surface area contributed by atoms with Crippen molar-refractivity contribution in [3.05, 3.63) is 58.7 Å². The van der Waals surface area contributed by atoms with Gasteiger partial charge in [-0.25, -0.2) is 0 Å². The lowest BCUT2D eigenvalue weighted by Crippen LogP contribution is -2.41. The summed E-state index contributed by atoms with van der Waals surface area (Å²) in [5, 5.41) is 0. The molecule has 4 rings (SSSR count). The monoisotopic (exact) mass is 335 g/mol. The second kappa shape index (κ2) is 6.58. The Balaban J connectivity index is 1.39. The van der Waals surface area contributed by atoms with Gasteiger partial charge in [0.1, 0.15) is 0 Å². The van der Waals surface area contributed by atoms with Gasteiger partial charge in [-0.2, -0.15) is 0 Å². The number of aryl methyl sites for hydroxylation is 1. The van der Waals surface area contributed by atoms with Gasteiger partial charge in [0, 0.05) is 44.2 Å². The Hall–Kier alpha value is -2.23. The lowest BCUT2D eigenvalue weighted by atomic mass is 9.85. The van der Waals surface area contributed by atoms with Crippen LogP contribution in [0.4, 0.5) is 0 Å². The van der Waals surface area contributed by atoms with Gasteiger partial charge in [0.25, 0.3) is 0 Å². The summed E-state index contributed by atoms with van der Waals surface area (Å²) in [7, 11) is 0. The zero-order chi connectivity index (χ0) is 17.4. The molecular formula is C21H25N3O. The maximum absolute atomic E-state index is 12.9. The fourth-order valence-corrected chi connectivity index (χ4v) is 4.34. The van der Waals surface area contributed by atoms with Crippen LogP contribution in [0.3, 0.4) is 0 Å². The van der Waals surface area contributed by atoms with E-state index >= 15 is 0 Å². The molecule has 1 aromatic heterocycles. The van der Waals surface area contributed by atoms with Crippen LogP contribution in [-0.2, 0) is 17.6 Å². The number of hydrogen-bond acceptors (Lipinski definition) is 3. The van der Waals surface area contributed by atoms with E-state index in [1.807, 2.05) is 0 Å². The molecule has 0 saturated carbocycles. The van der Waals surface area contributed by atoms with Crippen molar-refractivity contribution in [3.63, 3.8) is 0 Å². The number of piperidine rings is 1. The Bertz CT molecular complexity index is 768. The van der Waals surface area contributed by atoms with Crippen molar-refractivity contribution < 1.29 is 4.79 Å². The maximum atomic E-state index is 12.9. The van der Waals surface area contributed by atoms with Crippen molar-refractivity contribution in [2.75, 3.05) is 13.1 Å². The number of benzene rings is 1. The third-order valence-corrected chi connectivity index (χ3v) is 5.98. The summed E-state index contributed by atoms with van der Waals surface area (Å²) in [6, 6.07) is 6.59. The molecule has 2 aromatic rings. The van der Waals surface area contributed by atoms with Crippen molar-refractivity contribution in [2.45, 2.75) is 45.4 Å². The van der Waals surface area contributed by atoms with E-state index in [0.717, 1.165) is 50.2 Å². The number of likely N-dealkylation sites (tertiary alicyclic amines) is 1. The summed E-state index contributed by atoms with van der Waals surface area (Å²) in [4.78, 5) is 23.7. The fraction of sp³-hybridized carbons (Fsp3) is 0.476. The first-order valence-corrected chi connectivity index (χ1v) is 9.27. The Labute approximate surface area is 149 Å². The van der Waals surface area contributed by atoms with Crippen molar-refractivity contribution in [2.24, 2.45) is 5.92 Å². The molecule has 2 heterocycles. The van der Waals surface area contributed by atoms with E-state index < -0.39 is 0 Å². The standard InChI is InChI=1S/C21H25N3O/c1-14-4-3-5-18(15(14)2)16-6-10-24(11-7-16)21(25)17-12-19-20(13-17)23-9-8-22-19/h3-5,8-9,16-17H,6-7,10-13H2,1-2H3. The molecule has 1 aliphatic heterocycles. The quantitative estimate of drug-likeness (QED) is 0.846. The third kappa shape index (κ3) is 3.06. The van der Waals surface area contributed by atoms with Crippen LogP contribution < -0.4 is 0 Å². The van der Waals surface area contributed by atoms with E-state index in [0.29, 0.717) is 11.8 Å². The van der Waals surface area contributed by atoms with Crippen LogP contribution in [-0.4, -0.2) is 33.9 Å². The zero-order valence-electron chi connectivity index (χ0n) is 15.0. The highest BCUT2D eigenvalue weighted by Crippen LogP contribution is 2.33. The largest absolute Gasteiger partial charge is 0.342 e. The highest BCUT2D eigenvalue weighted by Gasteiger charge is 2.34. The molecule has 4 heteroatoms. The fourth-order valence-electron chi connectivity index (χ4n) is 4.34. The number of nitrogens with zero attached hydrogens (tertiary/aromatic N) is 3. The van der Waals surface area contributed by atoms with E-state index in [2.05, 4.69) is 46.9 Å². The number of amides is 1. The summed E-state index contributed by atoms with van der Waals surface area (Å²) in [5.74, 6) is 0.905. The second-order valence-corrected chi connectivity index (χ2v) is 7.44. The molecular weight excluding hydrogens is 310 g/mol. The smallest absolute Gasteiger partial charge is 0.226 e. The van der Waals surface area contributed by atoms with Gasteiger partial charge in [-0.15, -0.1) is 0 Å². The van der Waals surface area contributed by atoms with Gasteiger partial charge in [-0.3, -0.25) is 14.8 Å². The zero-order valence-corrected chi connectivity index (χ0v) is 15.0. The van der Waals surface area contributed by atoms with Crippen molar-refractivity contribution in [3.8, 4) is 0 Å². The van der Waals surface area contributed by atoms with E-state index in [1.165, 1.54) is 16.7 Å². The normalized spacial score (nSPS) is 18.4. The molecule has 1 saturated heterocycles. The molecule has 25 heavy (non-hydrogen) atoms. The number of carbonyl (C=O) groups is 1. The minimum Gasteiger partial charge on any atom is -0.342 e. The predicted molar refractivity (Wildman–Crippen MR) is 97.4 cm³/mol. The van der Waals surface area contributed by atoms with Crippen LogP contribution in [0.15, 0.2) is 30.6 Å². The Morgan fingerprint density at radius 2 is 1.68 bits per heavy atom. The first kappa shape index (κ1) is 16.2. The van der Waals surface area contributed by atoms with Crippen LogP contribution in [0.1, 0.15) is 46.8 Å². The van der Waals surface area contributed by atoms with Gasteiger partial charge >= 0.3 is 0 Å². The second-order valence-electron chi connectivity index (χ2n) is 7.44. The lowest BCUT2D eigenvalue weighted by molar-refractivity contribution is -0.136. The number of carbonyl (C=O) groups excluding carboxylic acids is 1. The topological polar surface area (TPSA) is 46.1 Å². The van der Waals surface area contributed by atoms with Gasteiger partial charge in [0.15, 0.2) is 0 Å². The van der Waals surface area contributed by atoms with Gasteiger partial charge in [-0.05, 0) is 49.3 Å². The average molecular weight is 335 g/mol. The predicted octanol–water partition coefficient (Wildman–Crippen LogP) is 3.21. The van der Waals surface area contributed by atoms with E-state index in [-0.39, 0.29) is 5.92 Å². The van der Waals surface area contributed by atoms with Crippen LogP contribution in [0.5, 0.6) is 0 Å². The first-order chi connectivity index (χ1) is 12.1. The van der Waals surface area contributed by atoms with Crippen LogP contribution in [0.25, 0.3) is 0 Å². The Kier molecular flexibility index (Phi) is 4.28. The van der Waals surface area contributed by atoms with E-state index in [4.69, 9.17) is 0 Å². The summed E-state index contributed by atoms with van der Waals surface area (Å²) >= 11 is 0. The molecule has 1 aromatic carbocycles. The van der Waals surface area contributed by atoms with Crippen molar-refractivity contribution >= 4 is 5.91 Å². The summed E-state index contributed by atoms with van der Waals surface area (Å²) in [6.07, 6.45) is 7.07. The van der Waals surface area contributed by atoms with Gasteiger partial charge < -0.3 is 4.90 Å². The number of rotatable bonds is 2. The highest BCUT2D eigenvalue weighted by molar-refractivity contribution is 5.80. The van der Waals surface area contributed by atoms with Crippen LogP contribution in [0, 0.1) is 19.8 Å². The molecule has 0 atom stereocenters.